The van der Waals surface area contributed by atoms with E-state index >= 15 is 0 Å². The number of nitrogens with one attached hydrogen (secondary N) is 2. The first kappa shape index (κ1) is 22.9. The van der Waals surface area contributed by atoms with E-state index in [1.165, 1.54) is 18.4 Å². The zero-order chi connectivity index (χ0) is 19.1. The third-order valence-electron chi connectivity index (χ3n) is 5.07. The summed E-state index contributed by atoms with van der Waals surface area (Å²) in [5.74, 6) is 2.30. The van der Waals surface area contributed by atoms with Gasteiger partial charge in [0.1, 0.15) is 0 Å². The van der Waals surface area contributed by atoms with Gasteiger partial charge < -0.3 is 15.4 Å². The zero-order valence-corrected chi connectivity index (χ0v) is 19.4. The highest BCUT2D eigenvalue weighted by Crippen LogP contribution is 2.29. The number of nitrogens with zero attached hydrogens (tertiary/aromatic N) is 3. The van der Waals surface area contributed by atoms with Crippen LogP contribution in [0.1, 0.15) is 38.2 Å². The molecule has 0 aromatic carbocycles. The van der Waals surface area contributed by atoms with Gasteiger partial charge in [-0.3, -0.25) is 9.89 Å². The molecule has 0 radical (unpaired) electrons. The second kappa shape index (κ2) is 11.6. The summed E-state index contributed by atoms with van der Waals surface area (Å²) >= 11 is 0. The first-order valence-electron chi connectivity index (χ1n) is 10.0. The minimum Gasteiger partial charge on any atom is -0.477 e. The van der Waals surface area contributed by atoms with Gasteiger partial charge in [0, 0.05) is 51.5 Å². The van der Waals surface area contributed by atoms with E-state index < -0.39 is 0 Å². The van der Waals surface area contributed by atoms with Crippen LogP contribution < -0.4 is 15.4 Å². The Kier molecular flexibility index (Phi) is 9.50. The third kappa shape index (κ3) is 7.95. The Bertz CT molecular complexity index is 654. The Hall–Kier alpha value is -1.35. The summed E-state index contributed by atoms with van der Waals surface area (Å²) in [6.45, 7) is 10.8. The molecule has 2 heterocycles. The molecular formula is C21H34IN5O. The van der Waals surface area contributed by atoms with E-state index in [-0.39, 0.29) is 24.0 Å². The van der Waals surface area contributed by atoms with Crippen molar-refractivity contribution < 1.29 is 4.74 Å². The molecule has 156 valence electrons. The highest BCUT2D eigenvalue weighted by atomic mass is 127. The summed E-state index contributed by atoms with van der Waals surface area (Å²) in [4.78, 5) is 11.1. The Balaban J connectivity index is 0.00000280. The maximum atomic E-state index is 5.77. The summed E-state index contributed by atoms with van der Waals surface area (Å²) in [6, 6.07) is 4.49. The largest absolute Gasteiger partial charge is 0.477 e. The fourth-order valence-electron chi connectivity index (χ4n) is 3.32. The summed E-state index contributed by atoms with van der Waals surface area (Å²) < 4.78 is 5.77. The van der Waals surface area contributed by atoms with E-state index in [1.54, 1.807) is 0 Å². The van der Waals surface area contributed by atoms with E-state index in [0.29, 0.717) is 18.5 Å². The van der Waals surface area contributed by atoms with Crippen LogP contribution in [-0.4, -0.2) is 55.2 Å². The molecule has 0 spiro atoms. The number of halogens is 1. The second-order valence-corrected chi connectivity index (χ2v) is 7.83. The molecule has 28 heavy (non-hydrogen) atoms. The Morgan fingerprint density at radius 1 is 1.32 bits per heavy atom. The summed E-state index contributed by atoms with van der Waals surface area (Å²) in [5, 5.41) is 6.96. The molecule has 6 nitrogen and oxygen atoms in total. The lowest BCUT2D eigenvalue weighted by Gasteiger charge is -2.33. The highest BCUT2D eigenvalue weighted by molar-refractivity contribution is 14.0. The number of aliphatic imine (C=N–C) groups is 1. The van der Waals surface area contributed by atoms with Gasteiger partial charge in [-0.15, -0.1) is 24.0 Å². The van der Waals surface area contributed by atoms with Crippen LogP contribution in [0.3, 0.4) is 0 Å². The number of rotatable bonds is 8. The molecule has 0 atom stereocenters. The van der Waals surface area contributed by atoms with Crippen LogP contribution in [0.5, 0.6) is 5.88 Å². The SMILES string of the molecule is C=C(C)CN1CCC(NC(=NC)NCc2ccnc(OCC3CC3)c2)CC1.I. The lowest BCUT2D eigenvalue weighted by atomic mass is 10.0. The van der Waals surface area contributed by atoms with Crippen LogP contribution >= 0.6 is 24.0 Å². The van der Waals surface area contributed by atoms with Crippen molar-refractivity contribution in [2.45, 2.75) is 45.2 Å². The van der Waals surface area contributed by atoms with E-state index in [1.807, 2.05) is 25.4 Å². The first-order chi connectivity index (χ1) is 13.1. The number of hydrogen-bond acceptors (Lipinski definition) is 4. The molecule has 1 saturated heterocycles. The monoisotopic (exact) mass is 499 g/mol. The van der Waals surface area contributed by atoms with Crippen LogP contribution in [0.25, 0.3) is 0 Å². The summed E-state index contributed by atoms with van der Waals surface area (Å²) in [6.07, 6.45) is 6.64. The number of piperidine rings is 1. The van der Waals surface area contributed by atoms with Crippen molar-refractivity contribution in [3.63, 3.8) is 0 Å². The van der Waals surface area contributed by atoms with E-state index in [0.717, 1.165) is 56.5 Å². The summed E-state index contributed by atoms with van der Waals surface area (Å²) in [7, 11) is 1.82. The predicted octanol–water partition coefficient (Wildman–Crippen LogP) is 3.19. The van der Waals surface area contributed by atoms with Gasteiger partial charge in [-0.1, -0.05) is 12.2 Å². The smallest absolute Gasteiger partial charge is 0.213 e. The van der Waals surface area contributed by atoms with Crippen molar-refractivity contribution in [3.8, 4) is 5.88 Å². The molecule has 1 aromatic heterocycles. The first-order valence-corrected chi connectivity index (χ1v) is 10.0. The molecule has 3 rings (SSSR count). The number of ether oxygens (including phenoxy) is 1. The number of pyridine rings is 1. The lowest BCUT2D eigenvalue weighted by Crippen LogP contribution is -2.48. The molecule has 2 aliphatic rings. The topological polar surface area (TPSA) is 61.8 Å². The van der Waals surface area contributed by atoms with Gasteiger partial charge in [-0.05, 0) is 50.2 Å². The van der Waals surface area contributed by atoms with Gasteiger partial charge in [0.25, 0.3) is 0 Å². The standard InChI is InChI=1S/C21H33N5O.HI/c1-16(2)14-26-10-7-19(8-11-26)25-21(22-3)24-13-18-6-9-23-20(12-18)27-15-17-4-5-17;/h6,9,12,17,19H,1,4-5,7-8,10-11,13-15H2,2-3H3,(H2,22,24,25);1H. The quantitative estimate of drug-likeness (QED) is 0.249. The average molecular weight is 499 g/mol. The molecular weight excluding hydrogens is 465 g/mol. The van der Waals surface area contributed by atoms with Gasteiger partial charge in [-0.25, -0.2) is 4.98 Å². The van der Waals surface area contributed by atoms with Gasteiger partial charge in [0.15, 0.2) is 5.96 Å². The van der Waals surface area contributed by atoms with Gasteiger partial charge in [0.2, 0.25) is 5.88 Å². The second-order valence-electron chi connectivity index (χ2n) is 7.83. The number of guanidine groups is 1. The summed E-state index contributed by atoms with van der Waals surface area (Å²) in [5.41, 5.74) is 2.38. The molecule has 0 amide bonds. The zero-order valence-electron chi connectivity index (χ0n) is 17.1. The van der Waals surface area contributed by atoms with E-state index in [4.69, 9.17) is 4.74 Å². The minimum atomic E-state index is 0. The molecule has 2 N–H and O–H groups in total. The Labute approximate surface area is 186 Å². The van der Waals surface area contributed by atoms with Crippen LogP contribution in [-0.2, 0) is 6.54 Å². The lowest BCUT2D eigenvalue weighted by molar-refractivity contribution is 0.221. The molecule has 0 bridgehead atoms. The molecule has 1 aliphatic heterocycles. The maximum Gasteiger partial charge on any atom is 0.213 e. The van der Waals surface area contributed by atoms with Crippen molar-refractivity contribution in [3.05, 3.63) is 36.0 Å². The van der Waals surface area contributed by atoms with E-state index in [2.05, 4.69) is 39.0 Å². The van der Waals surface area contributed by atoms with Gasteiger partial charge in [-0.2, -0.15) is 0 Å². The molecule has 1 aromatic rings. The van der Waals surface area contributed by atoms with Crippen LogP contribution in [0, 0.1) is 5.92 Å². The molecule has 0 unspecified atom stereocenters. The highest BCUT2D eigenvalue weighted by Gasteiger charge is 2.22. The molecule has 2 fully saturated rings. The fourth-order valence-corrected chi connectivity index (χ4v) is 3.32. The number of likely N-dealkylation sites (tertiary alicyclic amines) is 1. The number of hydrogen-bond donors (Lipinski definition) is 2. The average Bonchev–Trinajstić information content (AvgIpc) is 3.49. The van der Waals surface area contributed by atoms with Crippen LogP contribution in [0.2, 0.25) is 0 Å². The predicted molar refractivity (Wildman–Crippen MR) is 125 cm³/mol. The van der Waals surface area contributed by atoms with Crippen molar-refractivity contribution in [2.24, 2.45) is 10.9 Å². The van der Waals surface area contributed by atoms with Crippen molar-refractivity contribution in [1.29, 1.82) is 0 Å². The Morgan fingerprint density at radius 3 is 2.71 bits per heavy atom. The molecule has 1 saturated carbocycles. The molecule has 1 aliphatic carbocycles. The van der Waals surface area contributed by atoms with E-state index in [9.17, 15) is 0 Å². The van der Waals surface area contributed by atoms with Crippen LogP contribution in [0.4, 0.5) is 0 Å². The van der Waals surface area contributed by atoms with Crippen molar-refractivity contribution in [2.75, 3.05) is 33.3 Å². The number of aromatic nitrogens is 1. The third-order valence-corrected chi connectivity index (χ3v) is 5.07. The fraction of sp³-hybridized carbons (Fsp3) is 0.619. The van der Waals surface area contributed by atoms with Crippen molar-refractivity contribution >= 4 is 29.9 Å². The maximum absolute atomic E-state index is 5.77. The Morgan fingerprint density at radius 2 is 2.07 bits per heavy atom. The van der Waals surface area contributed by atoms with Crippen LogP contribution in [0.15, 0.2) is 35.5 Å². The van der Waals surface area contributed by atoms with Crippen molar-refractivity contribution in [1.82, 2.24) is 20.5 Å². The normalized spacial score (nSPS) is 18.3. The van der Waals surface area contributed by atoms with Gasteiger partial charge in [0.05, 0.1) is 6.61 Å². The molecule has 7 heteroatoms. The minimum absolute atomic E-state index is 0. The van der Waals surface area contributed by atoms with Gasteiger partial charge >= 0.3 is 0 Å².